The van der Waals surface area contributed by atoms with Crippen molar-refractivity contribution in [2.45, 2.75) is 51.2 Å². The maximum absolute atomic E-state index is 5.96. The molecule has 1 aliphatic heterocycles. The summed E-state index contributed by atoms with van der Waals surface area (Å²) in [5.74, 6) is 0. The predicted octanol–water partition coefficient (Wildman–Crippen LogP) is 3.86. The molecule has 0 aliphatic carbocycles. The summed E-state index contributed by atoms with van der Waals surface area (Å²) in [6.07, 6.45) is 3.59. The van der Waals surface area contributed by atoms with E-state index in [-0.39, 0.29) is 0 Å². The second kappa shape index (κ2) is 6.74. The van der Waals surface area contributed by atoms with Crippen molar-refractivity contribution in [3.63, 3.8) is 0 Å². The molecule has 1 aliphatic rings. The molecule has 3 atom stereocenters. The highest BCUT2D eigenvalue weighted by Gasteiger charge is 2.24. The summed E-state index contributed by atoms with van der Waals surface area (Å²) in [5, 5.41) is 4.63. The van der Waals surface area contributed by atoms with Crippen LogP contribution in [0.25, 0.3) is 0 Å². The van der Waals surface area contributed by atoms with Crippen LogP contribution in [-0.2, 0) is 0 Å². The van der Waals surface area contributed by atoms with Crippen LogP contribution in [0.3, 0.4) is 0 Å². The van der Waals surface area contributed by atoms with Crippen LogP contribution >= 0.6 is 11.6 Å². The molecule has 1 N–H and O–H groups in total. The van der Waals surface area contributed by atoms with Gasteiger partial charge in [0.2, 0.25) is 0 Å². The third-order valence-electron chi connectivity index (χ3n) is 4.33. The van der Waals surface area contributed by atoms with Crippen LogP contribution in [0.5, 0.6) is 0 Å². The van der Waals surface area contributed by atoms with E-state index in [0.717, 1.165) is 11.4 Å². The number of halogens is 1. The lowest BCUT2D eigenvalue weighted by Gasteiger charge is -2.37. The van der Waals surface area contributed by atoms with E-state index >= 15 is 0 Å². The first-order chi connectivity index (χ1) is 9.10. The van der Waals surface area contributed by atoms with Gasteiger partial charge in [0.1, 0.15) is 0 Å². The zero-order valence-electron chi connectivity index (χ0n) is 12.2. The van der Waals surface area contributed by atoms with Crippen molar-refractivity contribution in [3.05, 3.63) is 34.9 Å². The van der Waals surface area contributed by atoms with Gasteiger partial charge in [-0.1, -0.05) is 30.7 Å². The van der Waals surface area contributed by atoms with Gasteiger partial charge in [0.25, 0.3) is 0 Å². The highest BCUT2D eigenvalue weighted by Crippen LogP contribution is 2.23. The zero-order valence-corrected chi connectivity index (χ0v) is 13.0. The van der Waals surface area contributed by atoms with Gasteiger partial charge in [-0.3, -0.25) is 0 Å². The van der Waals surface area contributed by atoms with Crippen LogP contribution in [0.1, 0.15) is 44.7 Å². The number of benzene rings is 1. The Hall–Kier alpha value is -0.570. The fourth-order valence-electron chi connectivity index (χ4n) is 2.87. The first-order valence-corrected chi connectivity index (χ1v) is 7.69. The fourth-order valence-corrected chi connectivity index (χ4v) is 3.00. The maximum atomic E-state index is 5.96. The third-order valence-corrected chi connectivity index (χ3v) is 4.58. The Balaban J connectivity index is 1.97. The number of rotatable bonds is 4. The Morgan fingerprint density at radius 2 is 2.05 bits per heavy atom. The van der Waals surface area contributed by atoms with Gasteiger partial charge in [0, 0.05) is 23.1 Å². The highest BCUT2D eigenvalue weighted by atomic mass is 35.5. The van der Waals surface area contributed by atoms with Crippen molar-refractivity contribution < 1.29 is 0 Å². The van der Waals surface area contributed by atoms with Gasteiger partial charge in [0.05, 0.1) is 0 Å². The molecule has 0 spiro atoms. The minimum absolute atomic E-state index is 0.442. The van der Waals surface area contributed by atoms with Crippen molar-refractivity contribution in [2.75, 3.05) is 13.6 Å². The Morgan fingerprint density at radius 1 is 1.37 bits per heavy atom. The molecule has 1 fully saturated rings. The van der Waals surface area contributed by atoms with Gasteiger partial charge in [0.15, 0.2) is 0 Å². The Morgan fingerprint density at radius 3 is 2.63 bits per heavy atom. The van der Waals surface area contributed by atoms with Gasteiger partial charge < -0.3 is 10.2 Å². The molecule has 3 unspecified atom stereocenters. The Kier molecular flexibility index (Phi) is 5.26. The average molecular weight is 281 g/mol. The number of likely N-dealkylation sites (tertiary alicyclic amines) is 1. The van der Waals surface area contributed by atoms with E-state index in [9.17, 15) is 0 Å². The summed E-state index contributed by atoms with van der Waals surface area (Å²) < 4.78 is 0. The molecule has 1 aromatic rings. The van der Waals surface area contributed by atoms with Crippen LogP contribution in [-0.4, -0.2) is 30.6 Å². The summed E-state index contributed by atoms with van der Waals surface area (Å²) in [6.45, 7) is 5.75. The summed E-state index contributed by atoms with van der Waals surface area (Å²) in [7, 11) is 2.22. The molecule has 1 aromatic carbocycles. The molecular weight excluding hydrogens is 256 g/mol. The molecule has 2 nitrogen and oxygen atoms in total. The summed E-state index contributed by atoms with van der Waals surface area (Å²) in [5.41, 5.74) is 1.35. The maximum Gasteiger partial charge on any atom is 0.0406 e. The summed E-state index contributed by atoms with van der Waals surface area (Å²) in [4.78, 5) is 2.45. The molecule has 0 aromatic heterocycles. The molecule has 106 valence electrons. The van der Waals surface area contributed by atoms with Crippen LogP contribution in [0.2, 0.25) is 5.02 Å². The van der Waals surface area contributed by atoms with E-state index in [4.69, 9.17) is 11.6 Å². The molecule has 1 heterocycles. The van der Waals surface area contributed by atoms with Gasteiger partial charge in [-0.15, -0.1) is 0 Å². The Labute approximate surface area is 122 Å². The van der Waals surface area contributed by atoms with E-state index in [0.29, 0.717) is 18.1 Å². The van der Waals surface area contributed by atoms with E-state index in [1.165, 1.54) is 24.9 Å². The molecule has 0 amide bonds. The van der Waals surface area contributed by atoms with Crippen molar-refractivity contribution >= 4 is 11.6 Å². The van der Waals surface area contributed by atoms with Gasteiger partial charge in [-0.05, 0) is 57.5 Å². The fraction of sp³-hybridized carbons (Fsp3) is 0.625. The smallest absolute Gasteiger partial charge is 0.0406 e. The SMILES string of the molecule is CCC(NC1CCN(C)C(C)C1)c1ccc(Cl)cc1. The van der Waals surface area contributed by atoms with Crippen molar-refractivity contribution in [1.29, 1.82) is 0 Å². The average Bonchev–Trinajstić information content (AvgIpc) is 2.41. The quantitative estimate of drug-likeness (QED) is 0.901. The largest absolute Gasteiger partial charge is 0.307 e. The van der Waals surface area contributed by atoms with Crippen molar-refractivity contribution in [1.82, 2.24) is 10.2 Å². The topological polar surface area (TPSA) is 15.3 Å². The molecule has 3 heteroatoms. The lowest BCUT2D eigenvalue weighted by atomic mass is 9.96. The van der Waals surface area contributed by atoms with Crippen molar-refractivity contribution in [3.8, 4) is 0 Å². The molecule has 0 radical (unpaired) electrons. The number of hydrogen-bond acceptors (Lipinski definition) is 2. The van der Waals surface area contributed by atoms with Crippen LogP contribution in [0.4, 0.5) is 0 Å². The van der Waals surface area contributed by atoms with Crippen LogP contribution < -0.4 is 5.32 Å². The minimum Gasteiger partial charge on any atom is -0.307 e. The number of nitrogens with zero attached hydrogens (tertiary/aromatic N) is 1. The molecule has 0 bridgehead atoms. The first kappa shape index (κ1) is 14.8. The number of nitrogens with one attached hydrogen (secondary N) is 1. The monoisotopic (exact) mass is 280 g/mol. The zero-order chi connectivity index (χ0) is 13.8. The van der Waals surface area contributed by atoms with E-state index in [1.807, 2.05) is 12.1 Å². The summed E-state index contributed by atoms with van der Waals surface area (Å²) in [6, 6.07) is 10.00. The normalized spacial score (nSPS) is 26.3. The summed E-state index contributed by atoms with van der Waals surface area (Å²) >= 11 is 5.96. The van der Waals surface area contributed by atoms with E-state index in [2.05, 4.69) is 43.2 Å². The van der Waals surface area contributed by atoms with Gasteiger partial charge in [-0.2, -0.15) is 0 Å². The van der Waals surface area contributed by atoms with E-state index < -0.39 is 0 Å². The van der Waals surface area contributed by atoms with Crippen LogP contribution in [0, 0.1) is 0 Å². The lowest BCUT2D eigenvalue weighted by molar-refractivity contribution is 0.161. The van der Waals surface area contributed by atoms with Crippen LogP contribution in [0.15, 0.2) is 24.3 Å². The second-order valence-electron chi connectivity index (χ2n) is 5.73. The van der Waals surface area contributed by atoms with Gasteiger partial charge in [-0.25, -0.2) is 0 Å². The van der Waals surface area contributed by atoms with E-state index in [1.54, 1.807) is 0 Å². The number of hydrogen-bond donors (Lipinski definition) is 1. The Bertz CT molecular complexity index is 390. The molecule has 1 saturated heterocycles. The standard InChI is InChI=1S/C16H25ClN2/c1-4-16(13-5-7-14(17)8-6-13)18-15-9-10-19(3)12(2)11-15/h5-8,12,15-16,18H,4,9-11H2,1-3H3. The first-order valence-electron chi connectivity index (χ1n) is 7.32. The highest BCUT2D eigenvalue weighted by molar-refractivity contribution is 6.30. The molecule has 0 saturated carbocycles. The molecule has 19 heavy (non-hydrogen) atoms. The lowest BCUT2D eigenvalue weighted by Crippen LogP contribution is -2.46. The third kappa shape index (κ3) is 3.95. The molecular formula is C16H25ClN2. The van der Waals surface area contributed by atoms with Crippen molar-refractivity contribution in [2.24, 2.45) is 0 Å². The second-order valence-corrected chi connectivity index (χ2v) is 6.17. The minimum atomic E-state index is 0.442. The van der Waals surface area contributed by atoms with Gasteiger partial charge >= 0.3 is 0 Å². The molecule has 2 rings (SSSR count). The number of piperidine rings is 1. The predicted molar refractivity (Wildman–Crippen MR) is 82.7 cm³/mol.